The van der Waals surface area contributed by atoms with Gasteiger partial charge in [0.15, 0.2) is 0 Å². The summed E-state index contributed by atoms with van der Waals surface area (Å²) < 4.78 is 10.6. The number of esters is 2. The van der Waals surface area contributed by atoms with Gasteiger partial charge in [-0.1, -0.05) is 40.5 Å². The van der Waals surface area contributed by atoms with Crippen LogP contribution in [0, 0.1) is 17.3 Å². The largest absolute Gasteiger partial charge is 0.466 e. The fourth-order valence-corrected chi connectivity index (χ4v) is 2.72. The highest BCUT2D eigenvalue weighted by Crippen LogP contribution is 2.42. The highest BCUT2D eigenvalue weighted by molar-refractivity contribution is 5.86. The summed E-state index contributed by atoms with van der Waals surface area (Å²) in [5, 5.41) is 0. The summed E-state index contributed by atoms with van der Waals surface area (Å²) in [7, 11) is 0. The number of hydrogen-bond donors (Lipinski definition) is 0. The summed E-state index contributed by atoms with van der Waals surface area (Å²) in [6.45, 7) is 10.1. The van der Waals surface area contributed by atoms with Gasteiger partial charge in [0.25, 0.3) is 0 Å². The third-order valence-corrected chi connectivity index (χ3v) is 3.62. The summed E-state index contributed by atoms with van der Waals surface area (Å²) in [6, 6.07) is 0. The maximum Gasteiger partial charge on any atom is 0.313 e. The molecule has 0 aromatic rings. The topological polar surface area (TPSA) is 52.6 Å². The lowest BCUT2D eigenvalue weighted by molar-refractivity contribution is -0.152. The predicted molar refractivity (Wildman–Crippen MR) is 72.5 cm³/mol. The number of rotatable bonds is 5. The van der Waals surface area contributed by atoms with Crippen LogP contribution in [0.2, 0.25) is 0 Å². The molecule has 0 N–H and O–H groups in total. The molecule has 110 valence electrons. The molecule has 1 aliphatic heterocycles. The average molecular weight is 270 g/mol. The van der Waals surface area contributed by atoms with Gasteiger partial charge in [0.05, 0.1) is 12.5 Å². The molecule has 0 spiro atoms. The van der Waals surface area contributed by atoms with Crippen molar-refractivity contribution in [3.63, 3.8) is 0 Å². The molecule has 3 atom stereocenters. The van der Waals surface area contributed by atoms with E-state index in [-0.39, 0.29) is 23.5 Å². The summed E-state index contributed by atoms with van der Waals surface area (Å²) in [6.07, 6.45) is 2.38. The summed E-state index contributed by atoms with van der Waals surface area (Å²) in [4.78, 5) is 24.3. The molecule has 0 amide bonds. The summed E-state index contributed by atoms with van der Waals surface area (Å²) in [5.74, 6) is -1.42. The van der Waals surface area contributed by atoms with Crippen molar-refractivity contribution in [3.05, 3.63) is 0 Å². The van der Waals surface area contributed by atoms with Gasteiger partial charge >= 0.3 is 11.9 Å². The lowest BCUT2D eigenvalue weighted by atomic mass is 9.72. The molecule has 0 aliphatic carbocycles. The van der Waals surface area contributed by atoms with E-state index in [0.29, 0.717) is 6.61 Å². The minimum Gasteiger partial charge on any atom is -0.466 e. The molecule has 0 aromatic carbocycles. The molecule has 3 unspecified atom stereocenters. The first-order valence-electron chi connectivity index (χ1n) is 7.20. The maximum atomic E-state index is 12.2. The van der Waals surface area contributed by atoms with Crippen molar-refractivity contribution in [1.82, 2.24) is 0 Å². The van der Waals surface area contributed by atoms with Crippen LogP contribution in [-0.2, 0) is 19.1 Å². The minimum atomic E-state index is -0.459. The zero-order chi connectivity index (χ0) is 14.6. The van der Waals surface area contributed by atoms with Gasteiger partial charge in [-0.3, -0.25) is 9.59 Å². The van der Waals surface area contributed by atoms with E-state index in [2.05, 4.69) is 6.92 Å². The number of carbonyl (C=O) groups excluding carboxylic acids is 2. The zero-order valence-corrected chi connectivity index (χ0v) is 12.7. The zero-order valence-electron chi connectivity index (χ0n) is 12.7. The Labute approximate surface area is 115 Å². The smallest absolute Gasteiger partial charge is 0.313 e. The van der Waals surface area contributed by atoms with Gasteiger partial charge in [-0.05, 0) is 18.8 Å². The van der Waals surface area contributed by atoms with E-state index in [0.717, 1.165) is 19.3 Å². The van der Waals surface area contributed by atoms with Crippen molar-refractivity contribution in [2.75, 3.05) is 6.61 Å². The van der Waals surface area contributed by atoms with Crippen LogP contribution in [0.3, 0.4) is 0 Å². The van der Waals surface area contributed by atoms with E-state index in [9.17, 15) is 9.59 Å². The maximum absolute atomic E-state index is 12.2. The van der Waals surface area contributed by atoms with E-state index >= 15 is 0 Å². The van der Waals surface area contributed by atoms with E-state index in [1.807, 2.05) is 20.8 Å². The molecule has 4 nitrogen and oxygen atoms in total. The van der Waals surface area contributed by atoms with Gasteiger partial charge < -0.3 is 9.47 Å². The van der Waals surface area contributed by atoms with E-state index in [1.54, 1.807) is 6.92 Å². The first-order valence-corrected chi connectivity index (χ1v) is 7.20. The van der Waals surface area contributed by atoms with Crippen LogP contribution >= 0.6 is 0 Å². The Morgan fingerprint density at radius 1 is 1.32 bits per heavy atom. The Bertz CT molecular complexity index is 330. The molecule has 0 aromatic heterocycles. The molecule has 1 rings (SSSR count). The molecular weight excluding hydrogens is 244 g/mol. The van der Waals surface area contributed by atoms with Crippen LogP contribution in [0.5, 0.6) is 0 Å². The average Bonchev–Trinajstić information content (AvgIpc) is 2.63. The first-order chi connectivity index (χ1) is 8.82. The number of cyclic esters (lactones) is 1. The molecule has 0 bridgehead atoms. The predicted octanol–water partition coefficient (Wildman–Crippen LogP) is 2.94. The highest BCUT2D eigenvalue weighted by atomic mass is 16.6. The molecule has 1 aliphatic rings. The normalized spacial score (nSPS) is 27.2. The van der Waals surface area contributed by atoms with Crippen molar-refractivity contribution >= 4 is 11.9 Å². The third-order valence-electron chi connectivity index (χ3n) is 3.62. The van der Waals surface area contributed by atoms with Gasteiger partial charge in [-0.25, -0.2) is 0 Å². The lowest BCUT2D eigenvalue weighted by Gasteiger charge is -2.28. The van der Waals surface area contributed by atoms with E-state index in [1.165, 1.54) is 0 Å². The van der Waals surface area contributed by atoms with Crippen LogP contribution in [0.25, 0.3) is 0 Å². The minimum absolute atomic E-state index is 0.258. The Morgan fingerprint density at radius 3 is 2.42 bits per heavy atom. The van der Waals surface area contributed by atoms with Gasteiger partial charge in [0.2, 0.25) is 0 Å². The van der Waals surface area contributed by atoms with Crippen LogP contribution in [0.4, 0.5) is 0 Å². The molecule has 1 heterocycles. The van der Waals surface area contributed by atoms with Crippen molar-refractivity contribution in [2.24, 2.45) is 17.3 Å². The lowest BCUT2D eigenvalue weighted by Crippen LogP contribution is -2.37. The van der Waals surface area contributed by atoms with Crippen molar-refractivity contribution in [2.45, 2.75) is 60.0 Å². The Morgan fingerprint density at radius 2 is 1.95 bits per heavy atom. The number of ether oxygens (including phenoxy) is 2. The van der Waals surface area contributed by atoms with Crippen molar-refractivity contribution in [1.29, 1.82) is 0 Å². The standard InChI is InChI=1S/C15H26O4/c1-6-8-9-10-11(13(16)18-7-2)12(14(17)19-10)15(3,4)5/h10-12H,6-9H2,1-5H3. The number of unbranched alkanes of at least 4 members (excludes halogenated alkanes) is 1. The molecule has 0 saturated carbocycles. The Kier molecular flexibility index (Phi) is 5.39. The molecular formula is C15H26O4. The van der Waals surface area contributed by atoms with Gasteiger partial charge in [-0.15, -0.1) is 0 Å². The summed E-state index contributed by atoms with van der Waals surface area (Å²) in [5.41, 5.74) is -0.296. The fraction of sp³-hybridized carbons (Fsp3) is 0.867. The highest BCUT2D eigenvalue weighted by Gasteiger charge is 2.53. The third kappa shape index (κ3) is 3.71. The second-order valence-corrected chi connectivity index (χ2v) is 6.24. The van der Waals surface area contributed by atoms with Gasteiger partial charge in [-0.2, -0.15) is 0 Å². The second kappa shape index (κ2) is 6.40. The van der Waals surface area contributed by atoms with Gasteiger partial charge in [0, 0.05) is 0 Å². The number of carbonyl (C=O) groups is 2. The Balaban J connectivity index is 2.95. The second-order valence-electron chi connectivity index (χ2n) is 6.24. The molecule has 0 radical (unpaired) electrons. The van der Waals surface area contributed by atoms with Gasteiger partial charge in [0.1, 0.15) is 12.0 Å². The van der Waals surface area contributed by atoms with Crippen LogP contribution in [0.15, 0.2) is 0 Å². The quantitative estimate of drug-likeness (QED) is 0.721. The molecule has 4 heteroatoms. The van der Waals surface area contributed by atoms with Crippen LogP contribution < -0.4 is 0 Å². The molecule has 19 heavy (non-hydrogen) atoms. The fourth-order valence-electron chi connectivity index (χ4n) is 2.72. The summed E-state index contributed by atoms with van der Waals surface area (Å²) >= 11 is 0. The van der Waals surface area contributed by atoms with Crippen molar-refractivity contribution < 1.29 is 19.1 Å². The first kappa shape index (κ1) is 16.0. The van der Waals surface area contributed by atoms with E-state index in [4.69, 9.17) is 9.47 Å². The SMILES string of the molecule is CCCCC1OC(=O)C(C(C)(C)C)C1C(=O)OCC. The van der Waals surface area contributed by atoms with Crippen molar-refractivity contribution in [3.8, 4) is 0 Å². The van der Waals surface area contributed by atoms with Crippen LogP contribution in [0.1, 0.15) is 53.9 Å². The van der Waals surface area contributed by atoms with Crippen LogP contribution in [-0.4, -0.2) is 24.6 Å². The Hall–Kier alpha value is -1.06. The monoisotopic (exact) mass is 270 g/mol. The van der Waals surface area contributed by atoms with E-state index < -0.39 is 11.8 Å². The number of hydrogen-bond acceptors (Lipinski definition) is 4. The molecule has 1 fully saturated rings. The molecule has 1 saturated heterocycles.